The van der Waals surface area contributed by atoms with Gasteiger partial charge in [0.05, 0.1) is 6.26 Å². The number of nitrogens with two attached hydrogens (primary N) is 1. The molecule has 1 saturated heterocycles. The van der Waals surface area contributed by atoms with E-state index in [0.717, 1.165) is 37.6 Å². The van der Waals surface area contributed by atoms with Gasteiger partial charge in [-0.15, -0.1) is 11.3 Å². The van der Waals surface area contributed by atoms with Gasteiger partial charge in [-0.2, -0.15) is 0 Å². The summed E-state index contributed by atoms with van der Waals surface area (Å²) in [6.45, 7) is 4.28. The first-order chi connectivity index (χ1) is 10.5. The fraction of sp³-hybridized carbons (Fsp3) is 0.667. The van der Waals surface area contributed by atoms with Crippen LogP contribution in [-0.2, 0) is 10.0 Å². The third-order valence-electron chi connectivity index (χ3n) is 3.27. The summed E-state index contributed by atoms with van der Waals surface area (Å²) >= 11 is 1.64. The zero-order chi connectivity index (χ0) is 16.0. The Kier molecular flexibility index (Phi) is 5.98. The van der Waals surface area contributed by atoms with E-state index in [2.05, 4.69) is 19.6 Å². The number of sulfonamides is 1. The first kappa shape index (κ1) is 17.0. The molecule has 0 radical (unpaired) electrons. The van der Waals surface area contributed by atoms with E-state index in [1.807, 2.05) is 16.5 Å². The number of guanidine groups is 1. The van der Waals surface area contributed by atoms with E-state index in [9.17, 15) is 8.42 Å². The van der Waals surface area contributed by atoms with Crippen LogP contribution < -0.4 is 15.4 Å². The highest BCUT2D eigenvalue weighted by atomic mass is 32.2. The van der Waals surface area contributed by atoms with Crippen LogP contribution in [0.3, 0.4) is 0 Å². The maximum absolute atomic E-state index is 10.9. The molecule has 0 atom stereocenters. The Morgan fingerprint density at radius 3 is 2.77 bits per heavy atom. The summed E-state index contributed by atoms with van der Waals surface area (Å²) in [5.41, 5.74) is 5.99. The monoisotopic (exact) mass is 346 g/mol. The number of nitrogens with zero attached hydrogens (tertiary/aromatic N) is 4. The van der Waals surface area contributed by atoms with Crippen LogP contribution in [0.4, 0.5) is 5.13 Å². The molecule has 8 nitrogen and oxygen atoms in total. The van der Waals surface area contributed by atoms with Crippen LogP contribution in [0, 0.1) is 0 Å². The Morgan fingerprint density at radius 2 is 2.18 bits per heavy atom. The summed E-state index contributed by atoms with van der Waals surface area (Å²) in [6, 6.07) is 0. The molecule has 2 heterocycles. The summed E-state index contributed by atoms with van der Waals surface area (Å²) < 4.78 is 24.3. The molecule has 0 spiro atoms. The molecule has 0 aliphatic carbocycles. The third kappa shape index (κ3) is 5.43. The van der Waals surface area contributed by atoms with Gasteiger partial charge in [0.2, 0.25) is 10.0 Å². The Bertz CT molecular complexity index is 579. The number of anilines is 1. The quantitative estimate of drug-likeness (QED) is 0.410. The topological polar surface area (TPSA) is 104 Å². The normalized spacial score (nSPS) is 17.0. The van der Waals surface area contributed by atoms with Gasteiger partial charge in [0, 0.05) is 50.8 Å². The number of hydrogen-bond donors (Lipinski definition) is 2. The first-order valence-corrected chi connectivity index (χ1v) is 9.87. The van der Waals surface area contributed by atoms with Crippen LogP contribution in [0.2, 0.25) is 0 Å². The van der Waals surface area contributed by atoms with Gasteiger partial charge in [-0.1, -0.05) is 0 Å². The molecule has 1 fully saturated rings. The zero-order valence-electron chi connectivity index (χ0n) is 12.6. The lowest BCUT2D eigenvalue weighted by Gasteiger charge is -2.35. The average molecular weight is 346 g/mol. The molecule has 0 saturated carbocycles. The van der Waals surface area contributed by atoms with Crippen molar-refractivity contribution in [2.45, 2.75) is 6.42 Å². The molecule has 3 N–H and O–H groups in total. The summed E-state index contributed by atoms with van der Waals surface area (Å²) in [7, 11) is -3.12. The lowest BCUT2D eigenvalue weighted by atomic mass is 10.3. The molecule has 2 rings (SSSR count). The second-order valence-corrected chi connectivity index (χ2v) is 7.75. The van der Waals surface area contributed by atoms with Gasteiger partial charge in [0.1, 0.15) is 0 Å². The molecule has 1 aliphatic rings. The van der Waals surface area contributed by atoms with Crippen molar-refractivity contribution in [3.8, 4) is 0 Å². The van der Waals surface area contributed by atoms with Gasteiger partial charge < -0.3 is 15.5 Å². The van der Waals surface area contributed by atoms with Crippen LogP contribution in [0.1, 0.15) is 6.42 Å². The second-order valence-electron chi connectivity index (χ2n) is 5.05. The van der Waals surface area contributed by atoms with Gasteiger partial charge in [-0.25, -0.2) is 18.1 Å². The minimum atomic E-state index is -3.12. The molecule has 0 unspecified atom stereocenters. The summed E-state index contributed by atoms with van der Waals surface area (Å²) in [4.78, 5) is 12.9. The number of thiazole rings is 1. The minimum absolute atomic E-state index is 0.382. The fourth-order valence-electron chi connectivity index (χ4n) is 2.13. The number of hydrogen-bond acceptors (Lipinski definition) is 6. The molecule has 10 heteroatoms. The smallest absolute Gasteiger partial charge is 0.208 e. The van der Waals surface area contributed by atoms with E-state index in [1.165, 1.54) is 0 Å². The highest BCUT2D eigenvalue weighted by Crippen LogP contribution is 2.18. The second kappa shape index (κ2) is 7.75. The Hall–Kier alpha value is -1.39. The van der Waals surface area contributed by atoms with Gasteiger partial charge in [-0.05, 0) is 6.42 Å². The number of nitrogens with one attached hydrogen (secondary N) is 1. The van der Waals surface area contributed by atoms with Gasteiger partial charge in [0.25, 0.3) is 0 Å². The van der Waals surface area contributed by atoms with Crippen molar-refractivity contribution in [3.63, 3.8) is 0 Å². The van der Waals surface area contributed by atoms with Crippen molar-refractivity contribution >= 4 is 32.5 Å². The summed E-state index contributed by atoms with van der Waals surface area (Å²) in [6.07, 6.45) is 3.59. The van der Waals surface area contributed by atoms with E-state index >= 15 is 0 Å². The van der Waals surface area contributed by atoms with E-state index in [-0.39, 0.29) is 0 Å². The molecule has 1 aromatic rings. The summed E-state index contributed by atoms with van der Waals surface area (Å²) in [5, 5.41) is 3.02. The van der Waals surface area contributed by atoms with Gasteiger partial charge in [-0.3, -0.25) is 4.99 Å². The predicted octanol–water partition coefficient (Wildman–Crippen LogP) is -0.481. The van der Waals surface area contributed by atoms with Gasteiger partial charge in [0.15, 0.2) is 11.1 Å². The van der Waals surface area contributed by atoms with Gasteiger partial charge >= 0.3 is 0 Å². The van der Waals surface area contributed by atoms with Crippen LogP contribution in [-0.4, -0.2) is 69.8 Å². The van der Waals surface area contributed by atoms with E-state index in [1.54, 1.807) is 11.3 Å². The van der Waals surface area contributed by atoms with Crippen molar-refractivity contribution in [1.29, 1.82) is 0 Å². The van der Waals surface area contributed by atoms with Crippen LogP contribution in [0.15, 0.2) is 16.6 Å². The van der Waals surface area contributed by atoms with Crippen LogP contribution in [0.5, 0.6) is 0 Å². The number of rotatable bonds is 6. The third-order valence-corrected chi connectivity index (χ3v) is 4.83. The Balaban J connectivity index is 1.70. The standard InChI is InChI=1S/C12H22N6O2S2/c1-22(19,20)16-4-2-3-14-11(13)17-6-8-18(9-7-17)12-15-5-10-21-12/h5,10,16H,2-4,6-9H2,1H3,(H2,13,14). The zero-order valence-corrected chi connectivity index (χ0v) is 14.2. The van der Waals surface area contributed by atoms with Crippen molar-refractivity contribution in [2.75, 3.05) is 50.4 Å². The highest BCUT2D eigenvalue weighted by Gasteiger charge is 2.19. The fourth-order valence-corrected chi connectivity index (χ4v) is 3.34. The molecular weight excluding hydrogens is 324 g/mol. The predicted molar refractivity (Wildman–Crippen MR) is 89.9 cm³/mol. The van der Waals surface area contributed by atoms with Crippen LogP contribution >= 0.6 is 11.3 Å². The molecule has 22 heavy (non-hydrogen) atoms. The Labute approximate surface area is 135 Å². The first-order valence-electron chi connectivity index (χ1n) is 7.09. The maximum Gasteiger partial charge on any atom is 0.208 e. The number of aromatic nitrogens is 1. The maximum atomic E-state index is 10.9. The van der Waals surface area contributed by atoms with E-state index in [4.69, 9.17) is 5.73 Å². The minimum Gasteiger partial charge on any atom is -0.370 e. The molecule has 0 bridgehead atoms. The summed E-state index contributed by atoms with van der Waals surface area (Å²) in [5.74, 6) is 0.526. The van der Waals surface area contributed by atoms with Crippen molar-refractivity contribution in [2.24, 2.45) is 10.7 Å². The van der Waals surface area contributed by atoms with Crippen molar-refractivity contribution < 1.29 is 8.42 Å². The van der Waals surface area contributed by atoms with Crippen LogP contribution in [0.25, 0.3) is 0 Å². The molecule has 0 aromatic carbocycles. The molecule has 0 amide bonds. The average Bonchev–Trinajstić information content (AvgIpc) is 3.00. The number of piperazine rings is 1. The lowest BCUT2D eigenvalue weighted by Crippen LogP contribution is -2.51. The molecule has 124 valence electrons. The van der Waals surface area contributed by atoms with Crippen molar-refractivity contribution in [3.05, 3.63) is 11.6 Å². The molecule has 1 aromatic heterocycles. The Morgan fingerprint density at radius 1 is 1.45 bits per heavy atom. The number of aliphatic imine (C=N–C) groups is 1. The molecular formula is C12H22N6O2S2. The lowest BCUT2D eigenvalue weighted by molar-refractivity contribution is 0.380. The molecule has 1 aliphatic heterocycles. The van der Waals surface area contributed by atoms with E-state index < -0.39 is 10.0 Å². The van der Waals surface area contributed by atoms with E-state index in [0.29, 0.717) is 25.5 Å². The van der Waals surface area contributed by atoms with Crippen molar-refractivity contribution in [1.82, 2.24) is 14.6 Å². The highest BCUT2D eigenvalue weighted by molar-refractivity contribution is 7.88. The SMILES string of the molecule is CS(=O)(=O)NCCCN=C(N)N1CCN(c2nccs2)CC1. The largest absolute Gasteiger partial charge is 0.370 e.